The number of aliphatic carboxylic acids is 1. The van der Waals surface area contributed by atoms with Gasteiger partial charge in [0.1, 0.15) is 0 Å². The molecule has 0 rings (SSSR count). The van der Waals surface area contributed by atoms with Gasteiger partial charge in [0.2, 0.25) is 5.91 Å². The number of carboxylic acid groups (broad SMARTS) is 1. The molecule has 0 saturated carbocycles. The molecule has 1 N–H and O–H groups in total. The molecule has 0 aliphatic carbocycles. The lowest BCUT2D eigenvalue weighted by Gasteiger charge is -2.24. The number of hydrogen-bond donors (Lipinski definition) is 1. The molecule has 0 unspecified atom stereocenters. The summed E-state index contributed by atoms with van der Waals surface area (Å²) in [5.41, 5.74) is 0. The molecular formula is C15H30N2O3. The van der Waals surface area contributed by atoms with Gasteiger partial charge in [0.15, 0.2) is 0 Å². The van der Waals surface area contributed by atoms with E-state index in [0.29, 0.717) is 19.5 Å². The molecule has 0 spiro atoms. The highest BCUT2D eigenvalue weighted by Gasteiger charge is 2.14. The first-order chi connectivity index (χ1) is 9.54. The first-order valence-corrected chi connectivity index (χ1v) is 7.77. The molecule has 0 aromatic carbocycles. The first-order valence-electron chi connectivity index (χ1n) is 7.77. The summed E-state index contributed by atoms with van der Waals surface area (Å²) >= 11 is 0. The van der Waals surface area contributed by atoms with Crippen molar-refractivity contribution in [3.05, 3.63) is 0 Å². The number of amides is 1. The van der Waals surface area contributed by atoms with Crippen molar-refractivity contribution in [1.82, 2.24) is 9.80 Å². The normalized spacial score (nSPS) is 10.8. The maximum atomic E-state index is 12.0. The molecule has 0 saturated heterocycles. The predicted octanol–water partition coefficient (Wildman–Crippen LogP) is 2.21. The van der Waals surface area contributed by atoms with Gasteiger partial charge in [0.05, 0.1) is 6.42 Å². The first kappa shape index (κ1) is 18.9. The van der Waals surface area contributed by atoms with Crippen LogP contribution in [0.2, 0.25) is 0 Å². The fourth-order valence-electron chi connectivity index (χ4n) is 2.10. The molecule has 0 radical (unpaired) electrons. The van der Waals surface area contributed by atoms with Gasteiger partial charge in [-0.2, -0.15) is 0 Å². The third-order valence-corrected chi connectivity index (χ3v) is 3.49. The summed E-state index contributed by atoms with van der Waals surface area (Å²) in [7, 11) is 0. The fourth-order valence-corrected chi connectivity index (χ4v) is 2.10. The van der Waals surface area contributed by atoms with Crippen molar-refractivity contribution < 1.29 is 14.7 Å². The van der Waals surface area contributed by atoms with E-state index < -0.39 is 5.97 Å². The van der Waals surface area contributed by atoms with Crippen molar-refractivity contribution in [1.29, 1.82) is 0 Å². The number of carbonyl (C=O) groups is 2. The van der Waals surface area contributed by atoms with Gasteiger partial charge in [-0.05, 0) is 32.5 Å². The van der Waals surface area contributed by atoms with Gasteiger partial charge < -0.3 is 14.9 Å². The van der Waals surface area contributed by atoms with E-state index in [4.69, 9.17) is 5.11 Å². The van der Waals surface area contributed by atoms with Crippen LogP contribution >= 0.6 is 0 Å². The second-order valence-electron chi connectivity index (χ2n) is 5.01. The Kier molecular flexibility index (Phi) is 11.1. The Labute approximate surface area is 122 Å². The van der Waals surface area contributed by atoms with Crippen molar-refractivity contribution in [3.8, 4) is 0 Å². The van der Waals surface area contributed by atoms with Crippen LogP contribution < -0.4 is 0 Å². The van der Waals surface area contributed by atoms with Crippen molar-refractivity contribution >= 4 is 11.9 Å². The van der Waals surface area contributed by atoms with E-state index in [0.717, 1.165) is 38.9 Å². The zero-order valence-electron chi connectivity index (χ0n) is 13.2. The van der Waals surface area contributed by atoms with Gasteiger partial charge in [-0.15, -0.1) is 0 Å². The van der Waals surface area contributed by atoms with E-state index in [1.54, 1.807) is 4.90 Å². The Hall–Kier alpha value is -1.10. The molecule has 0 aliphatic rings. The minimum Gasteiger partial charge on any atom is -0.481 e. The molecule has 0 bridgehead atoms. The zero-order chi connectivity index (χ0) is 15.4. The smallest absolute Gasteiger partial charge is 0.305 e. The van der Waals surface area contributed by atoms with Crippen molar-refractivity contribution in [3.63, 3.8) is 0 Å². The van der Waals surface area contributed by atoms with E-state index in [1.165, 1.54) is 0 Å². The van der Waals surface area contributed by atoms with Crippen LogP contribution in [0.3, 0.4) is 0 Å². The predicted molar refractivity (Wildman–Crippen MR) is 80.8 cm³/mol. The Balaban J connectivity index is 4.22. The Morgan fingerprint density at radius 2 is 1.55 bits per heavy atom. The lowest BCUT2D eigenvalue weighted by atomic mass is 10.2. The average Bonchev–Trinajstić information content (AvgIpc) is 2.43. The summed E-state index contributed by atoms with van der Waals surface area (Å²) in [6.45, 7) is 10.3. The maximum Gasteiger partial charge on any atom is 0.305 e. The van der Waals surface area contributed by atoms with Gasteiger partial charge in [0, 0.05) is 19.5 Å². The van der Waals surface area contributed by atoms with Gasteiger partial charge in [-0.3, -0.25) is 9.59 Å². The summed E-state index contributed by atoms with van der Waals surface area (Å²) in [6.07, 6.45) is 3.32. The van der Waals surface area contributed by atoms with Crippen LogP contribution in [0.15, 0.2) is 0 Å². The van der Waals surface area contributed by atoms with Crippen LogP contribution in [0.4, 0.5) is 0 Å². The molecule has 5 nitrogen and oxygen atoms in total. The van der Waals surface area contributed by atoms with Crippen LogP contribution in [0.25, 0.3) is 0 Å². The number of unbranched alkanes of at least 4 members (excludes halogenated alkanes) is 1. The molecule has 0 aliphatic heterocycles. The topological polar surface area (TPSA) is 60.9 Å². The van der Waals surface area contributed by atoms with E-state index in [1.807, 2.05) is 0 Å². The average molecular weight is 286 g/mol. The molecule has 5 heteroatoms. The van der Waals surface area contributed by atoms with E-state index in [2.05, 4.69) is 25.7 Å². The molecule has 20 heavy (non-hydrogen) atoms. The van der Waals surface area contributed by atoms with Crippen molar-refractivity contribution in [2.45, 2.75) is 52.9 Å². The highest BCUT2D eigenvalue weighted by molar-refractivity contribution is 5.77. The minimum absolute atomic E-state index is 0.0309. The number of hydrogen-bond acceptors (Lipinski definition) is 3. The third kappa shape index (κ3) is 8.91. The van der Waals surface area contributed by atoms with Crippen molar-refractivity contribution in [2.75, 3.05) is 32.7 Å². The van der Waals surface area contributed by atoms with E-state index >= 15 is 0 Å². The number of carbonyl (C=O) groups excluding carboxylic acids is 1. The fraction of sp³-hybridized carbons (Fsp3) is 0.867. The summed E-state index contributed by atoms with van der Waals surface area (Å²) in [4.78, 5) is 26.7. The number of carboxylic acids is 1. The second-order valence-corrected chi connectivity index (χ2v) is 5.01. The lowest BCUT2D eigenvalue weighted by Crippen LogP contribution is -2.35. The van der Waals surface area contributed by atoms with E-state index in [9.17, 15) is 9.59 Å². The quantitative estimate of drug-likeness (QED) is 0.597. The molecule has 0 aromatic rings. The van der Waals surface area contributed by atoms with Crippen LogP contribution in [0.5, 0.6) is 0 Å². The standard InChI is InChI=1S/C15H30N2O3/c1-4-7-9-14(18)17(13-10-15(19)20)12-8-11-16(5-2)6-3/h4-13H2,1-3H3,(H,19,20). The molecule has 118 valence electrons. The van der Waals surface area contributed by atoms with E-state index in [-0.39, 0.29) is 12.3 Å². The number of nitrogens with zero attached hydrogens (tertiary/aromatic N) is 2. The van der Waals surface area contributed by atoms with Gasteiger partial charge in [-0.1, -0.05) is 27.2 Å². The monoisotopic (exact) mass is 286 g/mol. The van der Waals surface area contributed by atoms with Gasteiger partial charge in [-0.25, -0.2) is 0 Å². The molecule has 0 heterocycles. The lowest BCUT2D eigenvalue weighted by molar-refractivity contribution is -0.138. The minimum atomic E-state index is -0.845. The maximum absolute atomic E-state index is 12.0. The highest BCUT2D eigenvalue weighted by Crippen LogP contribution is 2.04. The Morgan fingerprint density at radius 1 is 0.900 bits per heavy atom. The van der Waals surface area contributed by atoms with Crippen molar-refractivity contribution in [2.24, 2.45) is 0 Å². The molecule has 0 aromatic heterocycles. The molecule has 0 atom stereocenters. The summed E-state index contributed by atoms with van der Waals surface area (Å²) < 4.78 is 0. The molecule has 1 amide bonds. The van der Waals surface area contributed by atoms with Crippen LogP contribution in [0, 0.1) is 0 Å². The van der Waals surface area contributed by atoms with Gasteiger partial charge >= 0.3 is 5.97 Å². The number of rotatable bonds is 12. The second kappa shape index (κ2) is 11.7. The zero-order valence-corrected chi connectivity index (χ0v) is 13.2. The Bertz CT molecular complexity index is 278. The van der Waals surface area contributed by atoms with Crippen LogP contribution in [0.1, 0.15) is 52.9 Å². The highest BCUT2D eigenvalue weighted by atomic mass is 16.4. The largest absolute Gasteiger partial charge is 0.481 e. The summed E-state index contributed by atoms with van der Waals surface area (Å²) in [5, 5.41) is 8.76. The molecular weight excluding hydrogens is 256 g/mol. The van der Waals surface area contributed by atoms with Crippen LogP contribution in [-0.2, 0) is 9.59 Å². The summed E-state index contributed by atoms with van der Waals surface area (Å²) in [6, 6.07) is 0. The molecule has 0 fully saturated rings. The van der Waals surface area contributed by atoms with Crippen LogP contribution in [-0.4, -0.2) is 59.5 Å². The third-order valence-electron chi connectivity index (χ3n) is 3.49. The Morgan fingerprint density at radius 3 is 2.05 bits per heavy atom. The SMILES string of the molecule is CCCCC(=O)N(CCCN(CC)CC)CCC(=O)O. The van der Waals surface area contributed by atoms with Gasteiger partial charge in [0.25, 0.3) is 0 Å². The summed E-state index contributed by atoms with van der Waals surface area (Å²) in [5.74, 6) is -0.755.